The molecule has 2 N–H and O–H groups in total. The van der Waals surface area contributed by atoms with Crippen LogP contribution in [0.15, 0.2) is 48.5 Å². The predicted octanol–water partition coefficient (Wildman–Crippen LogP) is 2.45. The predicted molar refractivity (Wildman–Crippen MR) is 97.8 cm³/mol. The molecule has 7 nitrogen and oxygen atoms in total. The van der Waals surface area contributed by atoms with Crippen molar-refractivity contribution in [3.63, 3.8) is 0 Å². The van der Waals surface area contributed by atoms with E-state index in [0.717, 1.165) is 5.56 Å². The van der Waals surface area contributed by atoms with E-state index < -0.39 is 17.5 Å². The van der Waals surface area contributed by atoms with Crippen molar-refractivity contribution in [2.75, 3.05) is 7.11 Å². The second-order valence-electron chi connectivity index (χ2n) is 6.50. The summed E-state index contributed by atoms with van der Waals surface area (Å²) in [6.07, 6.45) is 1.06. The Morgan fingerprint density at radius 2 is 1.63 bits per heavy atom. The molecule has 1 atom stereocenters. The maximum atomic E-state index is 12.2. The molecular weight excluding hydrogens is 348 g/mol. The topological polar surface area (TPSA) is 93.7 Å². The van der Waals surface area contributed by atoms with Crippen LogP contribution >= 0.6 is 0 Å². The zero-order valence-electron chi connectivity index (χ0n) is 15.1. The van der Waals surface area contributed by atoms with Gasteiger partial charge in [-0.15, -0.1) is 0 Å². The van der Waals surface area contributed by atoms with E-state index in [1.807, 2.05) is 12.1 Å². The van der Waals surface area contributed by atoms with Crippen LogP contribution in [0.4, 0.5) is 4.79 Å². The Kier molecular flexibility index (Phi) is 5.12. The van der Waals surface area contributed by atoms with Crippen LogP contribution in [0.1, 0.15) is 29.3 Å². The number of aryl methyl sites for hydroxylation is 1. The van der Waals surface area contributed by atoms with Gasteiger partial charge < -0.3 is 14.8 Å². The lowest BCUT2D eigenvalue weighted by Gasteiger charge is -2.20. The largest absolute Gasteiger partial charge is 0.497 e. The molecule has 0 aromatic heterocycles. The normalized spacial score (nSPS) is 18.6. The highest BCUT2D eigenvalue weighted by Crippen LogP contribution is 2.20. The summed E-state index contributed by atoms with van der Waals surface area (Å²) in [5, 5.41) is 4.88. The number of hydrogen-bond acceptors (Lipinski definition) is 5. The molecule has 1 aliphatic rings. The van der Waals surface area contributed by atoms with E-state index in [2.05, 4.69) is 10.6 Å². The fourth-order valence-electron chi connectivity index (χ4n) is 2.77. The number of esters is 1. The maximum absolute atomic E-state index is 12.2. The molecule has 1 heterocycles. The van der Waals surface area contributed by atoms with Gasteiger partial charge in [-0.2, -0.15) is 0 Å². The Morgan fingerprint density at radius 3 is 2.19 bits per heavy atom. The first-order valence-corrected chi connectivity index (χ1v) is 8.48. The summed E-state index contributed by atoms with van der Waals surface area (Å²) in [4.78, 5) is 35.3. The van der Waals surface area contributed by atoms with Crippen LogP contribution in [0.3, 0.4) is 0 Å². The molecule has 2 aromatic rings. The number of ether oxygens (including phenoxy) is 2. The Morgan fingerprint density at radius 1 is 1.00 bits per heavy atom. The highest BCUT2D eigenvalue weighted by atomic mass is 16.5. The van der Waals surface area contributed by atoms with Gasteiger partial charge in [-0.3, -0.25) is 10.1 Å². The number of rotatable bonds is 6. The quantitative estimate of drug-likeness (QED) is 0.464. The molecule has 0 bridgehead atoms. The minimum atomic E-state index is -0.906. The molecule has 0 saturated carbocycles. The van der Waals surface area contributed by atoms with E-state index >= 15 is 0 Å². The van der Waals surface area contributed by atoms with Gasteiger partial charge in [-0.25, -0.2) is 9.59 Å². The molecule has 27 heavy (non-hydrogen) atoms. The van der Waals surface area contributed by atoms with Crippen molar-refractivity contribution in [3.05, 3.63) is 59.7 Å². The third-order valence-electron chi connectivity index (χ3n) is 4.49. The van der Waals surface area contributed by atoms with Crippen molar-refractivity contribution in [1.29, 1.82) is 0 Å². The second-order valence-corrected chi connectivity index (χ2v) is 6.50. The van der Waals surface area contributed by atoms with E-state index in [0.29, 0.717) is 29.9 Å². The highest BCUT2D eigenvalue weighted by Gasteiger charge is 2.41. The number of imide groups is 1. The maximum Gasteiger partial charge on any atom is 0.343 e. The van der Waals surface area contributed by atoms with Crippen molar-refractivity contribution in [2.24, 2.45) is 0 Å². The molecule has 140 valence electrons. The smallest absolute Gasteiger partial charge is 0.343 e. The van der Waals surface area contributed by atoms with Crippen molar-refractivity contribution < 1.29 is 23.9 Å². The standard InChI is InChI=1S/C20H20N2O5/c1-20(18(24)21-19(25)22-20)12-11-13-3-7-16(8-4-13)27-17(23)14-5-9-15(26-2)10-6-14/h3-10H,11-12H2,1-2H3,(H2,21,22,24,25)/t20-/m1/s1. The molecule has 0 radical (unpaired) electrons. The van der Waals surface area contributed by atoms with Crippen LogP contribution in [0, 0.1) is 0 Å². The van der Waals surface area contributed by atoms with Crippen LogP contribution < -0.4 is 20.1 Å². The molecule has 0 spiro atoms. The third-order valence-corrected chi connectivity index (χ3v) is 4.49. The van der Waals surface area contributed by atoms with Crippen LogP contribution in [-0.2, 0) is 11.2 Å². The van der Waals surface area contributed by atoms with Crippen LogP contribution in [0.25, 0.3) is 0 Å². The average molecular weight is 368 g/mol. The van der Waals surface area contributed by atoms with Gasteiger partial charge in [0.2, 0.25) is 0 Å². The lowest BCUT2D eigenvalue weighted by atomic mass is 9.93. The minimum absolute atomic E-state index is 0.322. The number of amides is 3. The third kappa shape index (κ3) is 4.25. The lowest BCUT2D eigenvalue weighted by Crippen LogP contribution is -2.43. The average Bonchev–Trinajstić information content (AvgIpc) is 2.93. The summed E-state index contributed by atoms with van der Waals surface area (Å²) < 4.78 is 10.4. The van der Waals surface area contributed by atoms with Gasteiger partial charge in [-0.05, 0) is 61.7 Å². The molecule has 0 unspecified atom stereocenters. The summed E-state index contributed by atoms with van der Waals surface area (Å²) in [6, 6.07) is 13.2. The van der Waals surface area contributed by atoms with E-state index in [9.17, 15) is 14.4 Å². The van der Waals surface area contributed by atoms with Gasteiger partial charge in [0.25, 0.3) is 5.91 Å². The summed E-state index contributed by atoms with van der Waals surface area (Å²) in [7, 11) is 1.56. The summed E-state index contributed by atoms with van der Waals surface area (Å²) in [5.41, 5.74) is 0.488. The molecule has 0 aliphatic carbocycles. The molecule has 1 aliphatic heterocycles. The SMILES string of the molecule is COc1ccc(C(=O)Oc2ccc(CC[C@@]3(C)NC(=O)NC3=O)cc2)cc1. The van der Waals surface area contributed by atoms with E-state index in [-0.39, 0.29) is 5.91 Å². The van der Waals surface area contributed by atoms with Gasteiger partial charge in [-0.1, -0.05) is 12.1 Å². The Labute approximate surface area is 156 Å². The van der Waals surface area contributed by atoms with Crippen LogP contribution in [0.5, 0.6) is 11.5 Å². The van der Waals surface area contributed by atoms with Gasteiger partial charge in [0.1, 0.15) is 17.0 Å². The van der Waals surface area contributed by atoms with E-state index in [1.165, 1.54) is 0 Å². The van der Waals surface area contributed by atoms with Crippen molar-refractivity contribution in [2.45, 2.75) is 25.3 Å². The number of benzene rings is 2. The Bertz CT molecular complexity index is 861. The highest BCUT2D eigenvalue weighted by molar-refractivity contribution is 6.06. The number of carbonyl (C=O) groups is 3. The number of urea groups is 1. The van der Waals surface area contributed by atoms with E-state index in [4.69, 9.17) is 9.47 Å². The van der Waals surface area contributed by atoms with Crippen molar-refractivity contribution in [3.8, 4) is 11.5 Å². The Balaban J connectivity index is 1.57. The van der Waals surface area contributed by atoms with Crippen molar-refractivity contribution >= 4 is 17.9 Å². The molecular formula is C20H20N2O5. The summed E-state index contributed by atoms with van der Waals surface area (Å²) in [6.45, 7) is 1.69. The molecule has 2 aromatic carbocycles. The summed E-state index contributed by atoms with van der Waals surface area (Å²) in [5.74, 6) is 0.315. The monoisotopic (exact) mass is 368 g/mol. The number of methoxy groups -OCH3 is 1. The van der Waals surface area contributed by atoms with Crippen LogP contribution in [0.2, 0.25) is 0 Å². The first-order valence-electron chi connectivity index (χ1n) is 8.48. The van der Waals surface area contributed by atoms with Crippen LogP contribution in [-0.4, -0.2) is 30.6 Å². The first kappa shape index (κ1) is 18.4. The van der Waals surface area contributed by atoms with Gasteiger partial charge in [0, 0.05) is 0 Å². The second kappa shape index (κ2) is 7.49. The minimum Gasteiger partial charge on any atom is -0.497 e. The zero-order chi connectivity index (χ0) is 19.4. The van der Waals surface area contributed by atoms with Gasteiger partial charge in [0.15, 0.2) is 0 Å². The molecule has 3 amide bonds. The molecule has 1 saturated heterocycles. The first-order chi connectivity index (χ1) is 12.9. The van der Waals surface area contributed by atoms with Crippen molar-refractivity contribution in [1.82, 2.24) is 10.6 Å². The summed E-state index contributed by atoms with van der Waals surface area (Å²) >= 11 is 0. The van der Waals surface area contributed by atoms with Gasteiger partial charge >= 0.3 is 12.0 Å². The number of carbonyl (C=O) groups excluding carboxylic acids is 3. The lowest BCUT2D eigenvalue weighted by molar-refractivity contribution is -0.123. The fraction of sp³-hybridized carbons (Fsp3) is 0.250. The van der Waals surface area contributed by atoms with Gasteiger partial charge in [0.05, 0.1) is 12.7 Å². The molecule has 7 heteroatoms. The number of hydrogen-bond donors (Lipinski definition) is 2. The molecule has 3 rings (SSSR count). The van der Waals surface area contributed by atoms with E-state index in [1.54, 1.807) is 50.4 Å². The Hall–Kier alpha value is -3.35. The fourth-order valence-corrected chi connectivity index (χ4v) is 2.77. The number of nitrogens with one attached hydrogen (secondary N) is 2. The molecule has 1 fully saturated rings. The zero-order valence-corrected chi connectivity index (χ0v) is 15.1.